The summed E-state index contributed by atoms with van der Waals surface area (Å²) >= 11 is 0. The molecule has 2 aromatic heterocycles. The van der Waals surface area contributed by atoms with Crippen LogP contribution in [0.3, 0.4) is 0 Å². The van der Waals surface area contributed by atoms with E-state index in [0.717, 1.165) is 10.7 Å². The second kappa shape index (κ2) is 6.97. The van der Waals surface area contributed by atoms with Crippen molar-refractivity contribution in [3.05, 3.63) is 29.1 Å². The van der Waals surface area contributed by atoms with Gasteiger partial charge in [-0.25, -0.2) is 13.9 Å². The number of nitrogens with one attached hydrogen (secondary N) is 1. The Balaban J connectivity index is 1.56. The van der Waals surface area contributed by atoms with Crippen LogP contribution in [-0.4, -0.2) is 87.7 Å². The van der Waals surface area contributed by atoms with E-state index in [1.165, 1.54) is 28.6 Å². The lowest BCUT2D eigenvalue weighted by molar-refractivity contribution is -0.551. The largest absolute Gasteiger partial charge is 0.493 e. The fourth-order valence-electron chi connectivity index (χ4n) is 3.10. The molecule has 14 nitrogen and oxygen atoms in total. The SMILES string of the molecule is C[N+]1=C=[N+]([C@@H]2O[C@H](COP(=O)(O)n3ccnc3)C(O)[C@@H]2O)c2nc(N)[nH]c(=O)c21. The molecule has 2 unspecified atom stereocenters. The zero-order chi connectivity index (χ0) is 20.9. The first-order valence-corrected chi connectivity index (χ1v) is 9.89. The van der Waals surface area contributed by atoms with Crippen LogP contribution in [0.1, 0.15) is 0 Å². The van der Waals surface area contributed by atoms with Crippen LogP contribution in [0.15, 0.2) is 23.5 Å². The maximum Gasteiger partial charge on any atom is 0.493 e. The highest BCUT2D eigenvalue weighted by Crippen LogP contribution is 2.44. The summed E-state index contributed by atoms with van der Waals surface area (Å²) in [5.41, 5.74) is 5.21. The van der Waals surface area contributed by atoms with Crippen LogP contribution >= 0.6 is 7.75 Å². The first-order valence-electron chi connectivity index (χ1n) is 8.36. The lowest BCUT2D eigenvalue weighted by Crippen LogP contribution is -2.37. The van der Waals surface area contributed by atoms with Crippen LogP contribution in [-0.2, 0) is 13.8 Å². The summed E-state index contributed by atoms with van der Waals surface area (Å²) in [5, 5.41) is 20.7. The normalized spacial score (nSPS) is 28.0. The first-order chi connectivity index (χ1) is 13.7. The standard InChI is InChI=1S/C14H16N7O7P/c1-19-6-21(11-8(19)12(24)18-14(15)17-11)13-10(23)9(22)7(28-13)4-27-29(25,26)20-3-2-16-5-20/h2-3,5,7,9-10,13,22-23H,4H2,1H3,(H2-2,15,17,18,24,25,26)/p+2/t7-,9?,10+,13-/m1/s1. The van der Waals surface area contributed by atoms with Crippen LogP contribution in [0.2, 0.25) is 0 Å². The Hall–Kier alpha value is -2.70. The number of imidazole rings is 1. The number of anilines is 1. The Morgan fingerprint density at radius 3 is 2.93 bits per heavy atom. The lowest BCUT2D eigenvalue weighted by atomic mass is 10.1. The number of fused-ring (bicyclic) bond motifs is 1. The van der Waals surface area contributed by atoms with Gasteiger partial charge in [0.05, 0.1) is 6.61 Å². The first kappa shape index (κ1) is 19.6. The number of aliphatic hydroxyl groups is 2. The van der Waals surface area contributed by atoms with Crippen LogP contribution in [0.5, 0.6) is 0 Å². The van der Waals surface area contributed by atoms with Crippen LogP contribution in [0.25, 0.3) is 0 Å². The number of nitrogen functional groups attached to an aromatic ring is 1. The molecular formula is C14H18N7O7P+2. The van der Waals surface area contributed by atoms with Gasteiger partial charge in [0.2, 0.25) is 5.95 Å². The quantitative estimate of drug-likeness (QED) is 0.258. The molecule has 5 atom stereocenters. The summed E-state index contributed by atoms with van der Waals surface area (Å²) in [6, 6.07) is 2.77. The summed E-state index contributed by atoms with van der Waals surface area (Å²) in [6.07, 6.45) is -1.57. The van der Waals surface area contributed by atoms with Gasteiger partial charge in [0.15, 0.2) is 13.2 Å². The van der Waals surface area contributed by atoms with Crippen molar-refractivity contribution in [2.24, 2.45) is 0 Å². The van der Waals surface area contributed by atoms with Crippen LogP contribution in [0.4, 0.5) is 17.5 Å². The van der Waals surface area contributed by atoms with Crippen molar-refractivity contribution in [1.29, 1.82) is 0 Å². The number of H-pyrrole nitrogens is 1. The van der Waals surface area contributed by atoms with Gasteiger partial charge >= 0.3 is 37.0 Å². The molecule has 29 heavy (non-hydrogen) atoms. The molecular weight excluding hydrogens is 409 g/mol. The predicted molar refractivity (Wildman–Crippen MR) is 94.1 cm³/mol. The molecule has 2 aliphatic rings. The summed E-state index contributed by atoms with van der Waals surface area (Å²) in [5.74, 6) is -0.0665. The van der Waals surface area contributed by atoms with Crippen molar-refractivity contribution in [1.82, 2.24) is 19.3 Å². The number of aliphatic hydroxyl groups excluding tert-OH is 2. The molecule has 0 radical (unpaired) electrons. The average Bonchev–Trinajstić information content (AvgIpc) is 3.35. The third-order valence-electron chi connectivity index (χ3n) is 4.50. The Morgan fingerprint density at radius 1 is 1.48 bits per heavy atom. The molecule has 2 aliphatic heterocycles. The molecule has 1 fully saturated rings. The fourth-order valence-corrected chi connectivity index (χ4v) is 3.99. The highest BCUT2D eigenvalue weighted by atomic mass is 31.2. The van der Waals surface area contributed by atoms with Crippen molar-refractivity contribution in [3.8, 4) is 0 Å². The van der Waals surface area contributed by atoms with Gasteiger partial charge in [0.25, 0.3) is 0 Å². The van der Waals surface area contributed by atoms with Gasteiger partial charge in [-0.3, -0.25) is 14.3 Å². The summed E-state index contributed by atoms with van der Waals surface area (Å²) in [6.45, 7) is -0.498. The van der Waals surface area contributed by atoms with Gasteiger partial charge in [-0.1, -0.05) is 4.58 Å². The second-order valence-corrected chi connectivity index (χ2v) is 8.13. The fraction of sp³-hybridized carbons (Fsp3) is 0.429. The average molecular weight is 427 g/mol. The minimum absolute atomic E-state index is 0.0813. The highest BCUT2D eigenvalue weighted by molar-refractivity contribution is 7.51. The number of rotatable bonds is 5. The summed E-state index contributed by atoms with van der Waals surface area (Å²) in [7, 11) is -2.71. The molecule has 0 bridgehead atoms. The number of aromatic nitrogens is 4. The molecule has 4 heterocycles. The maximum absolute atomic E-state index is 12.2. The zero-order valence-corrected chi connectivity index (χ0v) is 15.9. The molecule has 1 saturated heterocycles. The molecule has 0 saturated carbocycles. The molecule has 0 aromatic carbocycles. The molecule has 4 rings (SSSR count). The molecule has 15 heteroatoms. The van der Waals surface area contributed by atoms with E-state index in [-0.39, 0.29) is 17.5 Å². The molecule has 2 aromatic rings. The van der Waals surface area contributed by atoms with Gasteiger partial charge in [-0.2, -0.15) is 0 Å². The molecule has 6 N–H and O–H groups in total. The highest BCUT2D eigenvalue weighted by Gasteiger charge is 2.55. The van der Waals surface area contributed by atoms with Crippen molar-refractivity contribution < 1.29 is 38.1 Å². The maximum atomic E-state index is 12.2. The number of nitrogens with zero attached hydrogens (tertiary/aromatic N) is 5. The number of ether oxygens (including phenoxy) is 1. The third-order valence-corrected chi connectivity index (χ3v) is 5.80. The number of hydrogen-bond donors (Lipinski definition) is 5. The Kier molecular flexibility index (Phi) is 4.71. The number of aromatic amines is 1. The predicted octanol–water partition coefficient (Wildman–Crippen LogP) is -2.23. The van der Waals surface area contributed by atoms with E-state index in [4.69, 9.17) is 15.0 Å². The van der Waals surface area contributed by atoms with Gasteiger partial charge in [0.1, 0.15) is 18.5 Å². The Labute approximate surface area is 162 Å². The number of hydrogen-bond acceptors (Lipinski definition) is 9. The van der Waals surface area contributed by atoms with Crippen molar-refractivity contribution >= 4 is 31.2 Å². The molecule has 154 valence electrons. The Bertz CT molecular complexity index is 1120. The molecule has 0 amide bonds. The van der Waals surface area contributed by atoms with Gasteiger partial charge < -0.3 is 25.6 Å². The second-order valence-electron chi connectivity index (χ2n) is 6.43. The third kappa shape index (κ3) is 3.32. The minimum Gasteiger partial charge on any atom is -0.387 e. The van der Waals surface area contributed by atoms with E-state index >= 15 is 0 Å². The van der Waals surface area contributed by atoms with E-state index in [1.54, 1.807) is 0 Å². The summed E-state index contributed by atoms with van der Waals surface area (Å²) in [4.78, 5) is 32.1. The van der Waals surface area contributed by atoms with Crippen molar-refractivity contribution in [2.45, 2.75) is 24.5 Å². The van der Waals surface area contributed by atoms with E-state index < -0.39 is 44.5 Å². The minimum atomic E-state index is -4.25. The van der Waals surface area contributed by atoms with Crippen LogP contribution in [0, 0.1) is 0 Å². The van der Waals surface area contributed by atoms with Gasteiger partial charge in [-0.05, 0) is 4.58 Å². The van der Waals surface area contributed by atoms with Crippen LogP contribution < -0.4 is 11.3 Å². The van der Waals surface area contributed by atoms with Gasteiger partial charge in [-0.15, -0.1) is 4.98 Å². The number of nitrogens with two attached hydrogens (primary N) is 1. The van der Waals surface area contributed by atoms with Crippen molar-refractivity contribution in [3.63, 3.8) is 0 Å². The van der Waals surface area contributed by atoms with E-state index in [2.05, 4.69) is 21.0 Å². The monoisotopic (exact) mass is 427 g/mol. The smallest absolute Gasteiger partial charge is 0.387 e. The lowest BCUT2D eigenvalue weighted by Gasteiger charge is -2.17. The van der Waals surface area contributed by atoms with E-state index in [1.807, 2.05) is 0 Å². The van der Waals surface area contributed by atoms with E-state index in [9.17, 15) is 24.5 Å². The van der Waals surface area contributed by atoms with Gasteiger partial charge in [0, 0.05) is 12.4 Å². The van der Waals surface area contributed by atoms with E-state index in [0.29, 0.717) is 0 Å². The van der Waals surface area contributed by atoms with Crippen molar-refractivity contribution in [2.75, 3.05) is 19.4 Å². The topological polar surface area (TPSA) is 192 Å². The molecule has 0 spiro atoms. The zero-order valence-electron chi connectivity index (χ0n) is 15.0. The Morgan fingerprint density at radius 2 is 2.24 bits per heavy atom. The molecule has 0 aliphatic carbocycles. The summed E-state index contributed by atoms with van der Waals surface area (Å²) < 4.78 is 26.3.